The van der Waals surface area contributed by atoms with Gasteiger partial charge in [-0.1, -0.05) is 24.3 Å². The predicted octanol–water partition coefficient (Wildman–Crippen LogP) is 5.07. The third kappa shape index (κ3) is 1.75. The van der Waals surface area contributed by atoms with Gasteiger partial charge in [0.05, 0.1) is 22.8 Å². The van der Waals surface area contributed by atoms with Crippen molar-refractivity contribution in [1.82, 2.24) is 0 Å². The second-order valence-electron chi connectivity index (χ2n) is 9.04. The maximum absolute atomic E-state index is 6.81. The zero-order valence-electron chi connectivity index (χ0n) is 13.7. The van der Waals surface area contributed by atoms with Gasteiger partial charge in [-0.2, -0.15) is 10.2 Å². The predicted molar refractivity (Wildman–Crippen MR) is 96.4 cm³/mol. The second kappa shape index (κ2) is 5.10. The maximum Gasteiger partial charge on any atom is 0.0908 e. The molecule has 4 fully saturated rings. The van der Waals surface area contributed by atoms with E-state index in [4.69, 9.17) is 33.4 Å². The zero-order chi connectivity index (χ0) is 16.0. The Balaban J connectivity index is 1.23. The van der Waals surface area contributed by atoms with Gasteiger partial charge in [0.25, 0.3) is 0 Å². The molecule has 4 saturated carbocycles. The van der Waals surface area contributed by atoms with Crippen molar-refractivity contribution in [2.24, 2.45) is 57.6 Å². The largest absolute Gasteiger partial charge is 0.189 e. The van der Waals surface area contributed by atoms with Crippen LogP contribution in [0, 0.1) is 47.3 Å². The van der Waals surface area contributed by atoms with Gasteiger partial charge < -0.3 is 0 Å². The fourth-order valence-corrected chi connectivity index (χ4v) is 8.47. The molecule has 0 spiro atoms. The van der Waals surface area contributed by atoms with Crippen LogP contribution in [0.2, 0.25) is 0 Å². The molecule has 6 rings (SSSR count). The van der Waals surface area contributed by atoms with Crippen LogP contribution in [0.1, 0.15) is 25.7 Å². The van der Waals surface area contributed by atoms with Gasteiger partial charge in [-0.05, 0) is 73.0 Å². The van der Waals surface area contributed by atoms with Gasteiger partial charge in [-0.15, -0.1) is 23.2 Å². The standard InChI is InChI=1S/C20H24Cl2N2/c21-17-13-7-15(11-5-1-3-9(11)13)19(17)23-24-20-16-8-14(18(20)22)10-4-2-6-12(10)16/h1-2,5-6,9-20H,3-4,7-8H2/b24-23+. The van der Waals surface area contributed by atoms with E-state index in [9.17, 15) is 0 Å². The number of halogens is 2. The molecule has 0 N–H and O–H groups in total. The summed E-state index contributed by atoms with van der Waals surface area (Å²) in [6, 6.07) is 0.442. The molecule has 6 aliphatic rings. The zero-order valence-corrected chi connectivity index (χ0v) is 15.2. The number of hydrogen-bond donors (Lipinski definition) is 0. The minimum atomic E-state index is 0.186. The molecule has 4 bridgehead atoms. The van der Waals surface area contributed by atoms with Gasteiger partial charge in [0.1, 0.15) is 0 Å². The summed E-state index contributed by atoms with van der Waals surface area (Å²) in [6.45, 7) is 0. The van der Waals surface area contributed by atoms with Gasteiger partial charge in [-0.3, -0.25) is 0 Å². The second-order valence-corrected chi connectivity index (χ2v) is 10.0. The van der Waals surface area contributed by atoms with Crippen molar-refractivity contribution in [1.29, 1.82) is 0 Å². The van der Waals surface area contributed by atoms with E-state index in [1.807, 2.05) is 0 Å². The van der Waals surface area contributed by atoms with Crippen LogP contribution in [-0.2, 0) is 0 Å². The number of rotatable bonds is 2. The van der Waals surface area contributed by atoms with E-state index in [-0.39, 0.29) is 22.8 Å². The van der Waals surface area contributed by atoms with Gasteiger partial charge in [0.15, 0.2) is 0 Å². The van der Waals surface area contributed by atoms with E-state index in [0.717, 1.165) is 11.8 Å². The fourth-order valence-electron chi connectivity index (χ4n) is 7.42. The Labute approximate surface area is 153 Å². The van der Waals surface area contributed by atoms with Gasteiger partial charge >= 0.3 is 0 Å². The lowest BCUT2D eigenvalue weighted by atomic mass is 9.78. The molecule has 128 valence electrons. The molecule has 12 unspecified atom stereocenters. The number of alkyl halides is 2. The number of hydrogen-bond acceptors (Lipinski definition) is 2. The van der Waals surface area contributed by atoms with Crippen LogP contribution in [-0.4, -0.2) is 22.8 Å². The highest BCUT2D eigenvalue weighted by Gasteiger charge is 2.59. The summed E-state index contributed by atoms with van der Waals surface area (Å²) < 4.78 is 0. The number of azo groups is 1. The third-order valence-corrected chi connectivity index (χ3v) is 9.54. The van der Waals surface area contributed by atoms with E-state index in [1.54, 1.807) is 0 Å². The van der Waals surface area contributed by atoms with Crippen LogP contribution in [0.5, 0.6) is 0 Å². The summed E-state index contributed by atoms with van der Waals surface area (Å²) in [6.07, 6.45) is 14.5. The van der Waals surface area contributed by atoms with Crippen LogP contribution in [0.3, 0.4) is 0 Å². The minimum absolute atomic E-state index is 0.186. The molecule has 6 aliphatic carbocycles. The van der Waals surface area contributed by atoms with Crippen molar-refractivity contribution >= 4 is 23.2 Å². The Morgan fingerprint density at radius 2 is 1.08 bits per heavy atom. The number of allylic oxidation sites excluding steroid dienone is 4. The first kappa shape index (κ1) is 14.8. The normalized spacial score (nSPS) is 62.2. The summed E-state index contributed by atoms with van der Waals surface area (Å²) in [7, 11) is 0. The SMILES string of the molecule is ClC1C2CC(C3C=CCC32)C1/N=N/C1C(Cl)C2CC1C1C=CCC12. The molecule has 0 aromatic carbocycles. The smallest absolute Gasteiger partial charge is 0.0908 e. The van der Waals surface area contributed by atoms with Gasteiger partial charge in [0.2, 0.25) is 0 Å². The van der Waals surface area contributed by atoms with Crippen LogP contribution in [0.15, 0.2) is 34.5 Å². The Morgan fingerprint density at radius 1 is 0.625 bits per heavy atom. The Bertz CT molecular complexity index is 590. The van der Waals surface area contributed by atoms with Crippen LogP contribution < -0.4 is 0 Å². The molecule has 0 aromatic rings. The highest BCUT2D eigenvalue weighted by molar-refractivity contribution is 6.22. The topological polar surface area (TPSA) is 24.7 Å². The molecule has 2 nitrogen and oxygen atoms in total. The van der Waals surface area contributed by atoms with Crippen molar-refractivity contribution in [2.75, 3.05) is 0 Å². The van der Waals surface area contributed by atoms with Crippen molar-refractivity contribution in [3.05, 3.63) is 24.3 Å². The average Bonchev–Trinajstić information content (AvgIpc) is 3.34. The van der Waals surface area contributed by atoms with Crippen molar-refractivity contribution in [2.45, 2.75) is 48.5 Å². The summed E-state index contributed by atoms with van der Waals surface area (Å²) in [4.78, 5) is 0. The van der Waals surface area contributed by atoms with Crippen LogP contribution >= 0.6 is 23.2 Å². The molecule has 0 amide bonds. The van der Waals surface area contributed by atoms with Gasteiger partial charge in [0, 0.05) is 0 Å². The Hall–Kier alpha value is -0.340. The number of fused-ring (bicyclic) bond motifs is 10. The summed E-state index contributed by atoms with van der Waals surface area (Å²) in [5.41, 5.74) is 0. The highest BCUT2D eigenvalue weighted by Crippen LogP contribution is 2.61. The molecular formula is C20H24Cl2N2. The lowest BCUT2D eigenvalue weighted by Gasteiger charge is -2.34. The van der Waals surface area contributed by atoms with Crippen molar-refractivity contribution in [3.8, 4) is 0 Å². The molecule has 0 radical (unpaired) electrons. The Kier molecular flexibility index (Phi) is 3.14. The van der Waals surface area contributed by atoms with Crippen LogP contribution in [0.4, 0.5) is 0 Å². The van der Waals surface area contributed by atoms with Crippen molar-refractivity contribution < 1.29 is 0 Å². The Morgan fingerprint density at radius 3 is 1.54 bits per heavy atom. The van der Waals surface area contributed by atoms with E-state index >= 15 is 0 Å². The first-order chi connectivity index (χ1) is 11.7. The van der Waals surface area contributed by atoms with Crippen molar-refractivity contribution in [3.63, 3.8) is 0 Å². The van der Waals surface area contributed by atoms with E-state index in [2.05, 4.69) is 24.3 Å². The lowest BCUT2D eigenvalue weighted by Crippen LogP contribution is -2.38. The van der Waals surface area contributed by atoms with Crippen LogP contribution in [0.25, 0.3) is 0 Å². The van der Waals surface area contributed by atoms with E-state index in [1.165, 1.54) is 25.7 Å². The number of nitrogens with zero attached hydrogens (tertiary/aromatic N) is 2. The van der Waals surface area contributed by atoms with E-state index < -0.39 is 0 Å². The maximum atomic E-state index is 6.81. The third-order valence-electron chi connectivity index (χ3n) is 8.38. The summed E-state index contributed by atoms with van der Waals surface area (Å²) >= 11 is 13.6. The summed E-state index contributed by atoms with van der Waals surface area (Å²) in [5, 5.41) is 10.1. The molecule has 0 aliphatic heterocycles. The van der Waals surface area contributed by atoms with Gasteiger partial charge in [-0.25, -0.2) is 0 Å². The molecule has 0 aromatic heterocycles. The molecule has 12 atom stereocenters. The highest BCUT2D eigenvalue weighted by atomic mass is 35.5. The fraction of sp³-hybridized carbons (Fsp3) is 0.800. The summed E-state index contributed by atoms with van der Waals surface area (Å²) in [5.74, 6) is 5.54. The first-order valence-electron chi connectivity index (χ1n) is 9.75. The first-order valence-corrected chi connectivity index (χ1v) is 10.6. The average molecular weight is 363 g/mol. The monoisotopic (exact) mass is 362 g/mol. The van der Waals surface area contributed by atoms with E-state index in [0.29, 0.717) is 35.5 Å². The molecule has 0 heterocycles. The quantitative estimate of drug-likeness (QED) is 0.372. The molecular weight excluding hydrogens is 339 g/mol. The lowest BCUT2D eigenvalue weighted by molar-refractivity contribution is 0.240. The minimum Gasteiger partial charge on any atom is -0.189 e. The molecule has 0 saturated heterocycles. The molecule has 4 heteroatoms. The molecule has 24 heavy (non-hydrogen) atoms.